The number of methoxy groups -OCH3 is 2. The maximum atomic E-state index is 5.34. The van der Waals surface area contributed by atoms with Crippen molar-refractivity contribution >= 4 is 0 Å². The van der Waals surface area contributed by atoms with Crippen LogP contribution in [0, 0.1) is 5.41 Å². The molecule has 1 heterocycles. The van der Waals surface area contributed by atoms with Gasteiger partial charge in [-0.2, -0.15) is 0 Å². The number of nitrogens with zero attached hydrogens (tertiary/aromatic N) is 1. The third kappa shape index (κ3) is 2.88. The minimum Gasteiger partial charge on any atom is -0.493 e. The Balaban J connectivity index is 1.99. The van der Waals surface area contributed by atoms with Gasteiger partial charge in [-0.15, -0.1) is 0 Å². The summed E-state index contributed by atoms with van der Waals surface area (Å²) in [6.07, 6.45) is 4.39. The van der Waals surface area contributed by atoms with Crippen LogP contribution in [0.15, 0.2) is 12.3 Å². The third-order valence-electron chi connectivity index (χ3n) is 3.31. The van der Waals surface area contributed by atoms with E-state index >= 15 is 0 Å². The van der Waals surface area contributed by atoms with Crippen molar-refractivity contribution in [1.29, 1.82) is 0 Å². The molecule has 1 aromatic heterocycles. The Hall–Kier alpha value is -1.29. The van der Waals surface area contributed by atoms with Gasteiger partial charge in [0.25, 0.3) is 0 Å². The van der Waals surface area contributed by atoms with Crippen molar-refractivity contribution in [1.82, 2.24) is 10.3 Å². The van der Waals surface area contributed by atoms with E-state index in [1.807, 2.05) is 6.07 Å². The lowest BCUT2D eigenvalue weighted by molar-refractivity contribution is 0.347. The molecule has 0 unspecified atom stereocenters. The molecule has 2 rings (SSSR count). The second kappa shape index (κ2) is 4.92. The molecular formula is C13H20N2O2. The maximum absolute atomic E-state index is 5.34. The normalized spacial score (nSPS) is 16.6. The van der Waals surface area contributed by atoms with Gasteiger partial charge in [0.1, 0.15) is 0 Å². The van der Waals surface area contributed by atoms with Gasteiger partial charge in [0.2, 0.25) is 0 Å². The number of aromatic nitrogens is 1. The number of hydrogen-bond acceptors (Lipinski definition) is 4. The van der Waals surface area contributed by atoms with Crippen LogP contribution in [-0.4, -0.2) is 25.7 Å². The van der Waals surface area contributed by atoms with Crippen LogP contribution >= 0.6 is 0 Å². The molecule has 0 spiro atoms. The van der Waals surface area contributed by atoms with Crippen LogP contribution in [0.3, 0.4) is 0 Å². The second-order valence-corrected chi connectivity index (χ2v) is 4.91. The van der Waals surface area contributed by atoms with Crippen LogP contribution in [-0.2, 0) is 6.54 Å². The van der Waals surface area contributed by atoms with Gasteiger partial charge in [-0.05, 0) is 18.3 Å². The Kier molecular flexibility index (Phi) is 3.52. The zero-order chi connectivity index (χ0) is 12.3. The number of nitrogens with one attached hydrogen (secondary N) is 1. The molecule has 0 radical (unpaired) electrons. The second-order valence-electron chi connectivity index (χ2n) is 4.91. The molecule has 1 fully saturated rings. The Morgan fingerprint density at radius 3 is 2.71 bits per heavy atom. The number of rotatable bonds is 6. The lowest BCUT2D eigenvalue weighted by Gasteiger charge is -2.13. The average molecular weight is 236 g/mol. The monoisotopic (exact) mass is 236 g/mol. The first-order valence-electron chi connectivity index (χ1n) is 5.95. The van der Waals surface area contributed by atoms with E-state index in [4.69, 9.17) is 9.47 Å². The highest BCUT2D eigenvalue weighted by molar-refractivity contribution is 5.42. The van der Waals surface area contributed by atoms with E-state index in [1.54, 1.807) is 20.4 Å². The van der Waals surface area contributed by atoms with Gasteiger partial charge in [0, 0.05) is 25.4 Å². The Labute approximate surface area is 102 Å². The molecule has 1 aromatic rings. The molecule has 0 aromatic carbocycles. The van der Waals surface area contributed by atoms with Crippen molar-refractivity contribution < 1.29 is 9.47 Å². The minimum absolute atomic E-state index is 0.506. The zero-order valence-corrected chi connectivity index (χ0v) is 10.7. The third-order valence-corrected chi connectivity index (χ3v) is 3.31. The minimum atomic E-state index is 0.506. The van der Waals surface area contributed by atoms with Gasteiger partial charge < -0.3 is 14.8 Å². The van der Waals surface area contributed by atoms with Crippen molar-refractivity contribution in [3.63, 3.8) is 0 Å². The molecule has 1 N–H and O–H groups in total. The molecular weight excluding hydrogens is 216 g/mol. The fourth-order valence-corrected chi connectivity index (χ4v) is 1.85. The highest BCUT2D eigenvalue weighted by Crippen LogP contribution is 2.44. The summed E-state index contributed by atoms with van der Waals surface area (Å²) < 4.78 is 10.6. The first-order valence-corrected chi connectivity index (χ1v) is 5.95. The summed E-state index contributed by atoms with van der Waals surface area (Å²) in [6.45, 7) is 4.06. The highest BCUT2D eigenvalue weighted by atomic mass is 16.5. The van der Waals surface area contributed by atoms with Crippen molar-refractivity contribution in [3.8, 4) is 11.5 Å². The first-order chi connectivity index (χ1) is 8.18. The van der Waals surface area contributed by atoms with Crippen LogP contribution in [0.25, 0.3) is 0 Å². The van der Waals surface area contributed by atoms with Crippen molar-refractivity contribution in [3.05, 3.63) is 18.0 Å². The first kappa shape index (κ1) is 12.2. The molecule has 0 bridgehead atoms. The van der Waals surface area contributed by atoms with E-state index in [0.29, 0.717) is 5.41 Å². The summed E-state index contributed by atoms with van der Waals surface area (Å²) in [7, 11) is 3.28. The molecule has 0 amide bonds. The lowest BCUT2D eigenvalue weighted by Crippen LogP contribution is -2.22. The van der Waals surface area contributed by atoms with Crippen molar-refractivity contribution in [2.75, 3.05) is 20.8 Å². The smallest absolute Gasteiger partial charge is 0.183 e. The Morgan fingerprint density at radius 1 is 1.35 bits per heavy atom. The number of pyridine rings is 1. The van der Waals surface area contributed by atoms with E-state index in [2.05, 4.69) is 17.2 Å². The van der Waals surface area contributed by atoms with Gasteiger partial charge in [-0.3, -0.25) is 4.98 Å². The number of hydrogen-bond donors (Lipinski definition) is 1. The van der Waals surface area contributed by atoms with Crippen molar-refractivity contribution in [2.24, 2.45) is 5.41 Å². The SMILES string of the molecule is COc1ccnc(CNCC2(C)CC2)c1OC. The van der Waals surface area contributed by atoms with Crippen molar-refractivity contribution in [2.45, 2.75) is 26.3 Å². The fourth-order valence-electron chi connectivity index (χ4n) is 1.85. The van der Waals surface area contributed by atoms with E-state index in [9.17, 15) is 0 Å². The predicted molar refractivity (Wildman–Crippen MR) is 66.4 cm³/mol. The van der Waals surface area contributed by atoms with Gasteiger partial charge in [0.15, 0.2) is 11.5 Å². The summed E-state index contributed by atoms with van der Waals surface area (Å²) in [5, 5.41) is 3.43. The van der Waals surface area contributed by atoms with Crippen LogP contribution in [0.5, 0.6) is 11.5 Å². The Morgan fingerprint density at radius 2 is 2.12 bits per heavy atom. The molecule has 4 heteroatoms. The molecule has 4 nitrogen and oxygen atoms in total. The molecule has 1 aliphatic rings. The van der Waals surface area contributed by atoms with E-state index in [-0.39, 0.29) is 0 Å². The molecule has 1 saturated carbocycles. The summed E-state index contributed by atoms with van der Waals surface area (Å²) in [4.78, 5) is 4.33. The zero-order valence-electron chi connectivity index (χ0n) is 10.7. The predicted octanol–water partition coefficient (Wildman–Crippen LogP) is 1.99. The summed E-state index contributed by atoms with van der Waals surface area (Å²) in [6, 6.07) is 1.81. The van der Waals surface area contributed by atoms with Gasteiger partial charge in [0.05, 0.1) is 19.9 Å². The van der Waals surface area contributed by atoms with Crippen LogP contribution < -0.4 is 14.8 Å². The van der Waals surface area contributed by atoms with Gasteiger partial charge >= 0.3 is 0 Å². The maximum Gasteiger partial charge on any atom is 0.183 e. The molecule has 1 aliphatic carbocycles. The lowest BCUT2D eigenvalue weighted by atomic mass is 10.1. The summed E-state index contributed by atoms with van der Waals surface area (Å²) >= 11 is 0. The van der Waals surface area contributed by atoms with Crippen LogP contribution in [0.4, 0.5) is 0 Å². The Bertz CT molecular complexity index is 389. The summed E-state index contributed by atoms with van der Waals surface area (Å²) in [5.41, 5.74) is 1.41. The standard InChI is InChI=1S/C13H20N2O2/c1-13(5-6-13)9-14-8-10-12(17-3)11(16-2)4-7-15-10/h4,7,14H,5-6,8-9H2,1-3H3. The van der Waals surface area contributed by atoms with Gasteiger partial charge in [-0.25, -0.2) is 0 Å². The van der Waals surface area contributed by atoms with E-state index in [0.717, 1.165) is 30.3 Å². The van der Waals surface area contributed by atoms with Gasteiger partial charge in [-0.1, -0.05) is 6.92 Å². The van der Waals surface area contributed by atoms with Crippen LogP contribution in [0.1, 0.15) is 25.5 Å². The van der Waals surface area contributed by atoms with E-state index in [1.165, 1.54) is 12.8 Å². The molecule has 0 aliphatic heterocycles. The largest absolute Gasteiger partial charge is 0.493 e. The van der Waals surface area contributed by atoms with E-state index < -0.39 is 0 Å². The molecule has 17 heavy (non-hydrogen) atoms. The van der Waals surface area contributed by atoms with Crippen LogP contribution in [0.2, 0.25) is 0 Å². The topological polar surface area (TPSA) is 43.4 Å². The number of ether oxygens (including phenoxy) is 2. The fraction of sp³-hybridized carbons (Fsp3) is 0.615. The highest BCUT2D eigenvalue weighted by Gasteiger charge is 2.36. The average Bonchev–Trinajstić information content (AvgIpc) is 3.07. The molecule has 94 valence electrons. The molecule has 0 atom stereocenters. The summed E-state index contributed by atoms with van der Waals surface area (Å²) in [5.74, 6) is 1.46. The quantitative estimate of drug-likeness (QED) is 0.820. The molecule has 0 saturated heterocycles.